The average molecular weight is 539 g/mol. The zero-order valence-corrected chi connectivity index (χ0v) is 22.7. The Hall–Kier alpha value is -3.79. The summed E-state index contributed by atoms with van der Waals surface area (Å²) in [7, 11) is 2.89. The van der Waals surface area contributed by atoms with Crippen LogP contribution >= 0.6 is 11.8 Å². The van der Waals surface area contributed by atoms with Crippen LogP contribution in [-0.2, 0) is 14.3 Å². The number of nitrogens with zero attached hydrogens (tertiary/aromatic N) is 1. The van der Waals surface area contributed by atoms with Gasteiger partial charge in [0.1, 0.15) is 13.2 Å². The average Bonchev–Trinajstić information content (AvgIpc) is 3.21. The Balaban J connectivity index is 1.54. The van der Waals surface area contributed by atoms with E-state index in [-0.39, 0.29) is 12.0 Å². The molecule has 5 rings (SSSR count). The molecule has 0 unspecified atom stereocenters. The van der Waals surface area contributed by atoms with Crippen LogP contribution in [-0.4, -0.2) is 55.8 Å². The lowest BCUT2D eigenvalue weighted by Crippen LogP contribution is -2.49. The Morgan fingerprint density at radius 2 is 1.87 bits per heavy atom. The Bertz CT molecular complexity index is 1340. The Kier molecular flexibility index (Phi) is 7.16. The van der Waals surface area contributed by atoms with Crippen molar-refractivity contribution in [2.24, 2.45) is 0 Å². The summed E-state index contributed by atoms with van der Waals surface area (Å²) < 4.78 is 27.9. The number of fused-ring (bicyclic) bond motifs is 2. The number of hydrogen-bond acceptors (Lipinski definition) is 9. The van der Waals surface area contributed by atoms with Crippen LogP contribution in [0.2, 0.25) is 0 Å². The molecule has 2 aromatic carbocycles. The first-order valence-electron chi connectivity index (χ1n) is 12.3. The lowest BCUT2D eigenvalue weighted by Gasteiger charge is -2.39. The third-order valence-corrected chi connectivity index (χ3v) is 7.48. The van der Waals surface area contributed by atoms with Crippen LogP contribution < -0.4 is 24.3 Å². The minimum absolute atomic E-state index is 0.0457. The zero-order valence-electron chi connectivity index (χ0n) is 21.9. The maximum atomic E-state index is 13.9. The van der Waals surface area contributed by atoms with Crippen molar-refractivity contribution in [3.05, 3.63) is 63.7 Å². The van der Waals surface area contributed by atoms with E-state index in [4.69, 9.17) is 23.7 Å². The second-order valence-corrected chi connectivity index (χ2v) is 10.4. The third kappa shape index (κ3) is 4.76. The molecule has 0 radical (unpaired) electrons. The number of benzene rings is 2. The highest BCUT2D eigenvalue weighted by Crippen LogP contribution is 2.48. The van der Waals surface area contributed by atoms with Gasteiger partial charge in [-0.05, 0) is 62.2 Å². The molecule has 1 amide bonds. The van der Waals surface area contributed by atoms with Crippen LogP contribution in [0.1, 0.15) is 37.9 Å². The van der Waals surface area contributed by atoms with Gasteiger partial charge in [-0.25, -0.2) is 4.79 Å². The van der Waals surface area contributed by atoms with E-state index in [9.17, 15) is 9.59 Å². The smallest absolute Gasteiger partial charge is 0.337 e. The molecule has 2 aromatic rings. The number of amides is 1. The highest BCUT2D eigenvalue weighted by Gasteiger charge is 2.48. The SMILES string of the molecule is COC(=O)C1=C(C)N[C@@H]2S/C(=C\c3ccc4c(c3)OCCO4)C(=O)N2[C@@H]1c1ccc(OC(C)C)c(OC)c1. The van der Waals surface area contributed by atoms with Crippen LogP contribution in [0.15, 0.2) is 52.6 Å². The molecule has 0 saturated carbocycles. The summed E-state index contributed by atoms with van der Waals surface area (Å²) >= 11 is 1.39. The lowest BCUT2D eigenvalue weighted by molar-refractivity contribution is -0.138. The summed E-state index contributed by atoms with van der Waals surface area (Å²) in [5.41, 5.74) is 2.11. The van der Waals surface area contributed by atoms with Crippen LogP contribution in [0.5, 0.6) is 23.0 Å². The van der Waals surface area contributed by atoms with Gasteiger partial charge < -0.3 is 29.0 Å². The number of ether oxygens (including phenoxy) is 5. The summed E-state index contributed by atoms with van der Waals surface area (Å²) in [6.45, 7) is 6.67. The third-order valence-electron chi connectivity index (χ3n) is 6.37. The topological polar surface area (TPSA) is 95.6 Å². The van der Waals surface area contributed by atoms with Gasteiger partial charge in [0.25, 0.3) is 5.91 Å². The molecule has 1 saturated heterocycles. The zero-order chi connectivity index (χ0) is 27.0. The van der Waals surface area contributed by atoms with Crippen LogP contribution in [0, 0.1) is 0 Å². The summed E-state index contributed by atoms with van der Waals surface area (Å²) in [5.74, 6) is 1.71. The minimum atomic E-state index is -0.693. The molecule has 0 aliphatic carbocycles. The van der Waals surface area contributed by atoms with Crippen molar-refractivity contribution in [2.75, 3.05) is 27.4 Å². The molecule has 3 heterocycles. The molecule has 200 valence electrons. The largest absolute Gasteiger partial charge is 0.493 e. The highest BCUT2D eigenvalue weighted by atomic mass is 32.2. The van der Waals surface area contributed by atoms with E-state index < -0.39 is 17.5 Å². The number of rotatable bonds is 6. The van der Waals surface area contributed by atoms with E-state index in [0.717, 1.165) is 5.56 Å². The first-order chi connectivity index (χ1) is 18.3. The molecule has 1 N–H and O–H groups in total. The van der Waals surface area contributed by atoms with Crippen molar-refractivity contribution in [3.63, 3.8) is 0 Å². The molecule has 0 bridgehead atoms. The van der Waals surface area contributed by atoms with E-state index >= 15 is 0 Å². The molecular weight excluding hydrogens is 508 g/mol. The summed E-state index contributed by atoms with van der Waals surface area (Å²) in [4.78, 5) is 29.0. The van der Waals surface area contributed by atoms with Crippen molar-refractivity contribution in [1.29, 1.82) is 0 Å². The second-order valence-electron chi connectivity index (χ2n) is 9.25. The fourth-order valence-corrected chi connectivity index (χ4v) is 5.94. The van der Waals surface area contributed by atoms with Gasteiger partial charge in [0.05, 0.1) is 36.8 Å². The van der Waals surface area contributed by atoms with Gasteiger partial charge >= 0.3 is 5.97 Å². The molecule has 0 aromatic heterocycles. The standard InChI is InChI=1S/C28H30N2O7S/c1-15(2)37-20-9-7-18(14-21(20)33-4)25-24(27(32)34-5)16(3)29-28-30(25)26(31)23(38-28)13-17-6-8-19-22(12-17)36-11-10-35-19/h6-9,12-15,25,28-29H,10-11H2,1-5H3/b23-13-/t25-,28+/m1/s1. The van der Waals surface area contributed by atoms with Crippen molar-refractivity contribution in [1.82, 2.24) is 10.2 Å². The van der Waals surface area contributed by atoms with Crippen molar-refractivity contribution < 1.29 is 33.3 Å². The van der Waals surface area contributed by atoms with Gasteiger partial charge in [0.2, 0.25) is 0 Å². The number of carbonyl (C=O) groups excluding carboxylic acids is 2. The Morgan fingerprint density at radius 3 is 2.58 bits per heavy atom. The number of thioether (sulfide) groups is 1. The molecule has 3 aliphatic rings. The molecule has 0 spiro atoms. The van der Waals surface area contributed by atoms with Gasteiger partial charge in [0.15, 0.2) is 28.5 Å². The normalized spacial score (nSPS) is 21.4. The van der Waals surface area contributed by atoms with Gasteiger partial charge in [-0.2, -0.15) is 0 Å². The molecule has 3 aliphatic heterocycles. The van der Waals surface area contributed by atoms with Gasteiger partial charge in [-0.1, -0.05) is 23.9 Å². The molecule has 2 atom stereocenters. The van der Waals surface area contributed by atoms with Gasteiger partial charge in [0, 0.05) is 5.70 Å². The minimum Gasteiger partial charge on any atom is -0.493 e. The summed E-state index contributed by atoms with van der Waals surface area (Å²) in [6, 6.07) is 10.4. The lowest BCUT2D eigenvalue weighted by atomic mass is 9.93. The van der Waals surface area contributed by atoms with Crippen molar-refractivity contribution in [2.45, 2.75) is 38.4 Å². The van der Waals surface area contributed by atoms with Crippen molar-refractivity contribution >= 4 is 29.7 Å². The van der Waals surface area contributed by atoms with E-state index in [1.807, 2.05) is 51.1 Å². The number of hydrogen-bond donors (Lipinski definition) is 1. The number of esters is 1. The Morgan fingerprint density at radius 1 is 1.11 bits per heavy atom. The number of nitrogens with one attached hydrogen (secondary N) is 1. The number of methoxy groups -OCH3 is 2. The fourth-order valence-electron chi connectivity index (χ4n) is 4.72. The van der Waals surface area contributed by atoms with Gasteiger partial charge in [-0.3, -0.25) is 9.69 Å². The second kappa shape index (κ2) is 10.5. The van der Waals surface area contributed by atoms with Crippen LogP contribution in [0.4, 0.5) is 0 Å². The molecule has 38 heavy (non-hydrogen) atoms. The summed E-state index contributed by atoms with van der Waals surface area (Å²) in [5, 5.41) is 3.31. The van der Waals surface area contributed by atoms with Crippen LogP contribution in [0.25, 0.3) is 6.08 Å². The highest BCUT2D eigenvalue weighted by molar-refractivity contribution is 8.05. The number of allylic oxidation sites excluding steroid dienone is 1. The van der Waals surface area contributed by atoms with E-state index in [1.54, 1.807) is 24.1 Å². The fraction of sp³-hybridized carbons (Fsp3) is 0.357. The maximum Gasteiger partial charge on any atom is 0.337 e. The quantitative estimate of drug-likeness (QED) is 0.428. The maximum absolute atomic E-state index is 13.9. The monoisotopic (exact) mass is 538 g/mol. The van der Waals surface area contributed by atoms with Crippen molar-refractivity contribution in [3.8, 4) is 23.0 Å². The molecule has 9 nitrogen and oxygen atoms in total. The Labute approximate surface area is 225 Å². The van der Waals surface area contributed by atoms with E-state index in [2.05, 4.69) is 5.32 Å². The molecular formula is C28H30N2O7S. The predicted octanol–water partition coefficient (Wildman–Crippen LogP) is 4.25. The summed E-state index contributed by atoms with van der Waals surface area (Å²) in [6.07, 6.45) is 1.78. The van der Waals surface area contributed by atoms with E-state index in [1.165, 1.54) is 18.9 Å². The molecule has 10 heteroatoms. The van der Waals surface area contributed by atoms with Crippen LogP contribution in [0.3, 0.4) is 0 Å². The van der Waals surface area contributed by atoms with Gasteiger partial charge in [-0.15, -0.1) is 0 Å². The number of carbonyl (C=O) groups is 2. The predicted molar refractivity (Wildman–Crippen MR) is 143 cm³/mol. The first-order valence-corrected chi connectivity index (χ1v) is 13.2. The molecule has 1 fully saturated rings. The first kappa shape index (κ1) is 25.8. The van der Waals surface area contributed by atoms with E-state index in [0.29, 0.717) is 58.0 Å².